The van der Waals surface area contributed by atoms with Crippen molar-refractivity contribution >= 4 is 34.6 Å². The molecule has 1 aliphatic heterocycles. The van der Waals surface area contributed by atoms with Crippen LogP contribution in [0.4, 0.5) is 10.1 Å². The molecule has 1 saturated carbocycles. The summed E-state index contributed by atoms with van der Waals surface area (Å²) in [6, 6.07) is 23.9. The third-order valence-corrected chi connectivity index (χ3v) is 6.99. The predicted octanol–water partition coefficient (Wildman–Crippen LogP) is 6.95. The van der Waals surface area contributed by atoms with Crippen molar-refractivity contribution in [1.82, 2.24) is 4.90 Å². The summed E-state index contributed by atoms with van der Waals surface area (Å²) in [5.41, 5.74) is 2.68. The third-order valence-electron chi connectivity index (χ3n) is 6.00. The molecule has 1 amide bonds. The lowest BCUT2D eigenvalue weighted by Gasteiger charge is -2.22. The Kier molecular flexibility index (Phi) is 6.77. The zero-order chi connectivity index (χ0) is 23.3. The lowest BCUT2D eigenvalue weighted by Crippen LogP contribution is -2.37. The SMILES string of the molecule is O=C1/C(=C/c2ccc(OCc3ccc(F)cc3)cc2)SC(=Nc2ccccc2)N1C1CCCC1. The first-order chi connectivity index (χ1) is 16.7. The average Bonchev–Trinajstić information content (AvgIpc) is 3.48. The van der Waals surface area contributed by atoms with E-state index in [0.717, 1.165) is 53.4 Å². The number of ether oxygens (including phenoxy) is 1. The lowest BCUT2D eigenvalue weighted by atomic mass is 10.2. The molecular weight excluding hydrogens is 447 g/mol. The van der Waals surface area contributed by atoms with E-state index in [1.807, 2.05) is 65.6 Å². The average molecular weight is 473 g/mol. The zero-order valence-electron chi connectivity index (χ0n) is 18.7. The van der Waals surface area contributed by atoms with E-state index >= 15 is 0 Å². The molecule has 1 heterocycles. The van der Waals surface area contributed by atoms with Gasteiger partial charge in [-0.15, -0.1) is 0 Å². The molecule has 34 heavy (non-hydrogen) atoms. The van der Waals surface area contributed by atoms with Crippen LogP contribution in [-0.4, -0.2) is 22.0 Å². The second-order valence-electron chi connectivity index (χ2n) is 8.44. The fourth-order valence-corrected chi connectivity index (χ4v) is 5.28. The molecule has 5 rings (SSSR count). The van der Waals surface area contributed by atoms with Crippen molar-refractivity contribution in [2.75, 3.05) is 0 Å². The van der Waals surface area contributed by atoms with Crippen LogP contribution in [-0.2, 0) is 11.4 Å². The molecule has 0 atom stereocenters. The highest BCUT2D eigenvalue weighted by Crippen LogP contribution is 2.39. The van der Waals surface area contributed by atoms with E-state index in [2.05, 4.69) is 0 Å². The van der Waals surface area contributed by atoms with E-state index in [1.165, 1.54) is 23.9 Å². The summed E-state index contributed by atoms with van der Waals surface area (Å²) in [5, 5.41) is 0.758. The van der Waals surface area contributed by atoms with Crippen molar-refractivity contribution in [2.24, 2.45) is 4.99 Å². The molecule has 3 aromatic carbocycles. The largest absolute Gasteiger partial charge is 0.489 e. The number of hydrogen-bond donors (Lipinski definition) is 0. The number of nitrogens with zero attached hydrogens (tertiary/aromatic N) is 2. The number of amides is 1. The standard InChI is InChI=1S/C28H25FN2O2S/c29-22-14-10-21(11-15-22)19-33-25-16-12-20(13-17-25)18-26-27(32)31(24-8-4-5-9-24)28(34-26)30-23-6-2-1-3-7-23/h1-3,6-7,10-18,24H,4-5,8-9,19H2/b26-18-,30-28?. The molecule has 4 nitrogen and oxygen atoms in total. The molecule has 3 aromatic rings. The van der Waals surface area contributed by atoms with Crippen LogP contribution < -0.4 is 4.74 Å². The van der Waals surface area contributed by atoms with Crippen LogP contribution in [0.3, 0.4) is 0 Å². The minimum Gasteiger partial charge on any atom is -0.489 e. The lowest BCUT2D eigenvalue weighted by molar-refractivity contribution is -0.123. The van der Waals surface area contributed by atoms with E-state index < -0.39 is 0 Å². The van der Waals surface area contributed by atoms with Crippen molar-refractivity contribution in [3.63, 3.8) is 0 Å². The van der Waals surface area contributed by atoms with Gasteiger partial charge in [0.25, 0.3) is 5.91 Å². The summed E-state index contributed by atoms with van der Waals surface area (Å²) in [4.78, 5) is 20.7. The quantitative estimate of drug-likeness (QED) is 0.365. The maximum atomic E-state index is 13.4. The van der Waals surface area contributed by atoms with Gasteiger partial charge in [0.15, 0.2) is 5.17 Å². The van der Waals surface area contributed by atoms with Gasteiger partial charge in [0.1, 0.15) is 18.2 Å². The number of halogens is 1. The van der Waals surface area contributed by atoms with Crippen LogP contribution in [0.5, 0.6) is 5.75 Å². The Morgan fingerprint density at radius 2 is 1.68 bits per heavy atom. The monoisotopic (exact) mass is 472 g/mol. The van der Waals surface area contributed by atoms with Gasteiger partial charge in [0.05, 0.1) is 10.6 Å². The highest BCUT2D eigenvalue weighted by molar-refractivity contribution is 8.18. The van der Waals surface area contributed by atoms with Gasteiger partial charge in [0.2, 0.25) is 0 Å². The summed E-state index contributed by atoms with van der Waals surface area (Å²) < 4.78 is 18.9. The van der Waals surface area contributed by atoms with E-state index in [-0.39, 0.29) is 17.8 Å². The second kappa shape index (κ2) is 10.3. The number of amidine groups is 1. The van der Waals surface area contributed by atoms with Crippen molar-refractivity contribution < 1.29 is 13.9 Å². The van der Waals surface area contributed by atoms with E-state index in [4.69, 9.17) is 9.73 Å². The fourth-order valence-electron chi connectivity index (χ4n) is 4.22. The Morgan fingerprint density at radius 1 is 0.971 bits per heavy atom. The number of rotatable bonds is 6. The smallest absolute Gasteiger partial charge is 0.267 e. The minimum absolute atomic E-state index is 0.0308. The molecule has 0 radical (unpaired) electrons. The Labute approximate surface area is 203 Å². The predicted molar refractivity (Wildman–Crippen MR) is 135 cm³/mol. The molecule has 2 fully saturated rings. The van der Waals surface area contributed by atoms with Crippen LogP contribution in [0, 0.1) is 5.82 Å². The van der Waals surface area contributed by atoms with Gasteiger partial charge in [0, 0.05) is 6.04 Å². The molecule has 2 aliphatic rings. The van der Waals surface area contributed by atoms with Gasteiger partial charge in [-0.05, 0) is 78.2 Å². The molecular formula is C28H25FN2O2S. The number of thioether (sulfide) groups is 1. The topological polar surface area (TPSA) is 41.9 Å². The van der Waals surface area contributed by atoms with Gasteiger partial charge < -0.3 is 4.74 Å². The van der Waals surface area contributed by atoms with E-state index in [1.54, 1.807) is 12.1 Å². The normalized spacial score (nSPS) is 18.9. The van der Waals surface area contributed by atoms with Crippen LogP contribution in [0.1, 0.15) is 36.8 Å². The number of benzene rings is 3. The summed E-state index contributed by atoms with van der Waals surface area (Å²) in [6.45, 7) is 0.366. The summed E-state index contributed by atoms with van der Waals surface area (Å²) in [7, 11) is 0. The molecule has 0 aromatic heterocycles. The van der Waals surface area contributed by atoms with Gasteiger partial charge in [-0.1, -0.05) is 55.3 Å². The van der Waals surface area contributed by atoms with Crippen LogP contribution in [0.2, 0.25) is 0 Å². The van der Waals surface area contributed by atoms with Crippen LogP contribution in [0.15, 0.2) is 88.8 Å². The molecule has 6 heteroatoms. The van der Waals surface area contributed by atoms with Crippen LogP contribution in [0.25, 0.3) is 6.08 Å². The Balaban J connectivity index is 1.32. The molecule has 172 valence electrons. The summed E-state index contributed by atoms with van der Waals surface area (Å²) >= 11 is 1.44. The number of hydrogen-bond acceptors (Lipinski definition) is 4. The highest BCUT2D eigenvalue weighted by Gasteiger charge is 2.39. The number of carbonyl (C=O) groups excluding carboxylic acids is 1. The van der Waals surface area contributed by atoms with Crippen LogP contribution >= 0.6 is 11.8 Å². The first-order valence-corrected chi connectivity index (χ1v) is 12.3. The van der Waals surface area contributed by atoms with Crippen molar-refractivity contribution in [2.45, 2.75) is 38.3 Å². The molecule has 1 aliphatic carbocycles. The van der Waals surface area contributed by atoms with Gasteiger partial charge in [-0.2, -0.15) is 0 Å². The Hall–Kier alpha value is -3.38. The van der Waals surface area contributed by atoms with E-state index in [9.17, 15) is 9.18 Å². The van der Waals surface area contributed by atoms with Crippen molar-refractivity contribution in [3.05, 3.63) is 101 Å². The highest BCUT2D eigenvalue weighted by atomic mass is 32.2. The molecule has 0 unspecified atom stereocenters. The second-order valence-corrected chi connectivity index (χ2v) is 9.45. The Bertz CT molecular complexity index is 1200. The van der Waals surface area contributed by atoms with E-state index in [0.29, 0.717) is 11.5 Å². The Morgan fingerprint density at radius 3 is 2.38 bits per heavy atom. The summed E-state index contributed by atoms with van der Waals surface area (Å²) in [6.07, 6.45) is 6.26. The number of carbonyl (C=O) groups is 1. The fraction of sp³-hybridized carbons (Fsp3) is 0.214. The van der Waals surface area contributed by atoms with Gasteiger partial charge >= 0.3 is 0 Å². The molecule has 0 N–H and O–H groups in total. The molecule has 0 bridgehead atoms. The third kappa shape index (κ3) is 5.23. The minimum atomic E-state index is -0.260. The number of aliphatic imine (C=N–C) groups is 1. The van der Waals surface area contributed by atoms with Crippen molar-refractivity contribution in [3.8, 4) is 5.75 Å². The van der Waals surface area contributed by atoms with Gasteiger partial charge in [-0.25, -0.2) is 9.38 Å². The maximum absolute atomic E-state index is 13.4. The molecule has 1 saturated heterocycles. The summed E-state index contributed by atoms with van der Waals surface area (Å²) in [5.74, 6) is 0.489. The first-order valence-electron chi connectivity index (χ1n) is 11.5. The maximum Gasteiger partial charge on any atom is 0.267 e. The van der Waals surface area contributed by atoms with Gasteiger partial charge in [-0.3, -0.25) is 9.69 Å². The number of para-hydroxylation sites is 1. The molecule has 0 spiro atoms. The first kappa shape index (κ1) is 22.4. The van der Waals surface area contributed by atoms with Crippen molar-refractivity contribution in [1.29, 1.82) is 0 Å². The zero-order valence-corrected chi connectivity index (χ0v) is 19.5.